The lowest BCUT2D eigenvalue weighted by Gasteiger charge is -2.10. The van der Waals surface area contributed by atoms with Crippen LogP contribution in [0, 0.1) is 6.92 Å². The first-order chi connectivity index (χ1) is 12.6. The van der Waals surface area contributed by atoms with Crippen molar-refractivity contribution in [1.29, 1.82) is 0 Å². The van der Waals surface area contributed by atoms with Gasteiger partial charge in [0.2, 0.25) is 0 Å². The van der Waals surface area contributed by atoms with Gasteiger partial charge in [0.25, 0.3) is 0 Å². The number of fused-ring (bicyclic) bond motifs is 1. The highest BCUT2D eigenvalue weighted by atomic mass is 79.9. The molecular weight excluding hydrogens is 410 g/mol. The fourth-order valence-corrected chi connectivity index (χ4v) is 4.05. The molecule has 0 saturated carbocycles. The molecule has 4 aromatic rings. The van der Waals surface area contributed by atoms with E-state index >= 15 is 0 Å². The van der Waals surface area contributed by atoms with E-state index in [0.717, 1.165) is 48.9 Å². The second-order valence-electron chi connectivity index (χ2n) is 5.81. The lowest BCUT2D eigenvalue weighted by atomic mass is 10.1. The number of methoxy groups -OCH3 is 1. The minimum atomic E-state index is 0.750. The molecule has 130 valence electrons. The van der Waals surface area contributed by atoms with Gasteiger partial charge in [-0.1, -0.05) is 28.1 Å². The zero-order valence-corrected chi connectivity index (χ0v) is 16.7. The van der Waals surface area contributed by atoms with Crippen LogP contribution in [0.1, 0.15) is 5.82 Å². The molecule has 0 aliphatic carbocycles. The Hall–Kier alpha value is -2.44. The van der Waals surface area contributed by atoms with Gasteiger partial charge in [0, 0.05) is 21.1 Å². The summed E-state index contributed by atoms with van der Waals surface area (Å²) in [5.74, 6) is 2.41. The number of benzene rings is 2. The van der Waals surface area contributed by atoms with Gasteiger partial charge in [0.15, 0.2) is 0 Å². The molecule has 0 amide bonds. The largest absolute Gasteiger partial charge is 0.497 e. The highest BCUT2D eigenvalue weighted by molar-refractivity contribution is 9.10. The summed E-state index contributed by atoms with van der Waals surface area (Å²) >= 11 is 5.10. The normalized spacial score (nSPS) is 10.9. The molecule has 0 atom stereocenters. The van der Waals surface area contributed by atoms with Gasteiger partial charge in [-0.3, -0.25) is 0 Å². The van der Waals surface area contributed by atoms with Crippen LogP contribution in [0.15, 0.2) is 58.4 Å². The molecule has 2 aromatic heterocycles. The standard InChI is InChI=1S/C20H16BrN3OS/c1-12-22-19(24-15-7-5-14(21)6-8-15)18-17(11-26-20(18)23-12)13-3-9-16(25-2)10-4-13/h3-11H,1-2H3,(H,22,23,24). The second-order valence-corrected chi connectivity index (χ2v) is 7.58. The van der Waals surface area contributed by atoms with Crippen LogP contribution in [0.4, 0.5) is 11.5 Å². The Kier molecular flexibility index (Phi) is 4.61. The number of thiophene rings is 1. The van der Waals surface area contributed by atoms with Crippen molar-refractivity contribution in [3.05, 3.63) is 64.2 Å². The Labute approximate surface area is 164 Å². The number of hydrogen-bond acceptors (Lipinski definition) is 5. The predicted molar refractivity (Wildman–Crippen MR) is 112 cm³/mol. The number of ether oxygens (including phenoxy) is 1. The quantitative estimate of drug-likeness (QED) is 0.423. The van der Waals surface area contributed by atoms with Crippen molar-refractivity contribution in [2.75, 3.05) is 12.4 Å². The SMILES string of the molecule is COc1ccc(-c2csc3nc(C)nc(Nc4ccc(Br)cc4)c23)cc1. The summed E-state index contributed by atoms with van der Waals surface area (Å²) < 4.78 is 6.31. The summed E-state index contributed by atoms with van der Waals surface area (Å²) in [6.45, 7) is 1.92. The maximum Gasteiger partial charge on any atom is 0.143 e. The first kappa shape index (κ1) is 17.0. The van der Waals surface area contributed by atoms with Crippen LogP contribution in [0.5, 0.6) is 5.75 Å². The predicted octanol–water partition coefficient (Wildman–Crippen LogP) is 6.18. The molecule has 1 N–H and O–H groups in total. The van der Waals surface area contributed by atoms with E-state index in [1.54, 1.807) is 18.4 Å². The van der Waals surface area contributed by atoms with Crippen molar-refractivity contribution in [3.63, 3.8) is 0 Å². The number of nitrogens with zero attached hydrogens (tertiary/aromatic N) is 2. The first-order valence-electron chi connectivity index (χ1n) is 8.07. The fraction of sp³-hybridized carbons (Fsp3) is 0.100. The van der Waals surface area contributed by atoms with Gasteiger partial charge in [-0.05, 0) is 48.9 Å². The lowest BCUT2D eigenvalue weighted by molar-refractivity contribution is 0.415. The molecule has 0 bridgehead atoms. The summed E-state index contributed by atoms with van der Waals surface area (Å²) in [4.78, 5) is 10.2. The van der Waals surface area contributed by atoms with Crippen molar-refractivity contribution < 1.29 is 4.74 Å². The molecule has 0 aliphatic heterocycles. The molecule has 2 heterocycles. The average Bonchev–Trinajstić information content (AvgIpc) is 3.07. The third-order valence-electron chi connectivity index (χ3n) is 4.05. The molecule has 0 spiro atoms. The molecule has 26 heavy (non-hydrogen) atoms. The Morgan fingerprint density at radius 2 is 1.73 bits per heavy atom. The zero-order valence-electron chi connectivity index (χ0n) is 14.3. The molecule has 6 heteroatoms. The summed E-state index contributed by atoms with van der Waals surface area (Å²) in [7, 11) is 1.67. The van der Waals surface area contributed by atoms with E-state index in [4.69, 9.17) is 4.74 Å². The van der Waals surface area contributed by atoms with Crippen molar-refractivity contribution in [2.24, 2.45) is 0 Å². The van der Waals surface area contributed by atoms with E-state index in [2.05, 4.69) is 48.7 Å². The lowest BCUT2D eigenvalue weighted by Crippen LogP contribution is -1.98. The zero-order chi connectivity index (χ0) is 18.1. The summed E-state index contributed by atoms with van der Waals surface area (Å²) in [6, 6.07) is 16.1. The Balaban J connectivity index is 1.83. The molecule has 0 fully saturated rings. The Morgan fingerprint density at radius 3 is 2.42 bits per heavy atom. The average molecular weight is 426 g/mol. The minimum Gasteiger partial charge on any atom is -0.497 e. The van der Waals surface area contributed by atoms with Crippen LogP contribution < -0.4 is 10.1 Å². The van der Waals surface area contributed by atoms with E-state index in [0.29, 0.717) is 0 Å². The Morgan fingerprint density at radius 1 is 1.00 bits per heavy atom. The van der Waals surface area contributed by atoms with Gasteiger partial charge < -0.3 is 10.1 Å². The van der Waals surface area contributed by atoms with E-state index in [-0.39, 0.29) is 0 Å². The van der Waals surface area contributed by atoms with Crippen LogP contribution in [0.2, 0.25) is 0 Å². The first-order valence-corrected chi connectivity index (χ1v) is 9.74. The highest BCUT2D eigenvalue weighted by Crippen LogP contribution is 2.38. The van der Waals surface area contributed by atoms with E-state index in [1.807, 2.05) is 43.3 Å². The molecule has 0 unspecified atom stereocenters. The van der Waals surface area contributed by atoms with Crippen LogP contribution in [-0.4, -0.2) is 17.1 Å². The summed E-state index contributed by atoms with van der Waals surface area (Å²) in [5.41, 5.74) is 3.22. The highest BCUT2D eigenvalue weighted by Gasteiger charge is 2.15. The third-order valence-corrected chi connectivity index (χ3v) is 5.45. The topological polar surface area (TPSA) is 47.0 Å². The van der Waals surface area contributed by atoms with Gasteiger partial charge in [0.05, 0.1) is 12.5 Å². The van der Waals surface area contributed by atoms with Crippen molar-refractivity contribution in [1.82, 2.24) is 9.97 Å². The van der Waals surface area contributed by atoms with Crippen LogP contribution in [-0.2, 0) is 0 Å². The van der Waals surface area contributed by atoms with Gasteiger partial charge in [0.1, 0.15) is 22.2 Å². The molecule has 4 nitrogen and oxygen atoms in total. The molecule has 0 aliphatic rings. The van der Waals surface area contributed by atoms with Gasteiger partial charge in [-0.25, -0.2) is 9.97 Å². The monoisotopic (exact) mass is 425 g/mol. The number of nitrogens with one attached hydrogen (secondary N) is 1. The van der Waals surface area contributed by atoms with Crippen LogP contribution in [0.25, 0.3) is 21.3 Å². The van der Waals surface area contributed by atoms with Gasteiger partial charge in [-0.15, -0.1) is 11.3 Å². The number of hydrogen-bond donors (Lipinski definition) is 1. The molecular formula is C20H16BrN3OS. The summed E-state index contributed by atoms with van der Waals surface area (Å²) in [6.07, 6.45) is 0. The van der Waals surface area contributed by atoms with E-state index < -0.39 is 0 Å². The number of anilines is 2. The van der Waals surface area contributed by atoms with Gasteiger partial charge >= 0.3 is 0 Å². The number of rotatable bonds is 4. The van der Waals surface area contributed by atoms with Crippen LogP contribution in [0.3, 0.4) is 0 Å². The Bertz CT molecular complexity index is 1060. The van der Waals surface area contributed by atoms with E-state index in [1.165, 1.54) is 0 Å². The maximum atomic E-state index is 5.26. The van der Waals surface area contributed by atoms with Crippen molar-refractivity contribution in [2.45, 2.75) is 6.92 Å². The molecule has 2 aromatic carbocycles. The number of aromatic nitrogens is 2. The second kappa shape index (κ2) is 7.05. The third kappa shape index (κ3) is 3.30. The molecule has 4 rings (SSSR count). The molecule has 0 radical (unpaired) electrons. The smallest absolute Gasteiger partial charge is 0.143 e. The van der Waals surface area contributed by atoms with Crippen molar-refractivity contribution >= 4 is 49.0 Å². The maximum absolute atomic E-state index is 5.26. The van der Waals surface area contributed by atoms with Gasteiger partial charge in [-0.2, -0.15) is 0 Å². The van der Waals surface area contributed by atoms with Crippen molar-refractivity contribution in [3.8, 4) is 16.9 Å². The number of aryl methyl sites for hydroxylation is 1. The summed E-state index contributed by atoms with van der Waals surface area (Å²) in [5, 5.41) is 6.61. The fourth-order valence-electron chi connectivity index (χ4n) is 2.79. The molecule has 0 saturated heterocycles. The minimum absolute atomic E-state index is 0.750. The van der Waals surface area contributed by atoms with E-state index in [9.17, 15) is 0 Å². The number of halogens is 1. The van der Waals surface area contributed by atoms with Crippen LogP contribution >= 0.6 is 27.3 Å².